The minimum atomic E-state index is -0.226. The van der Waals surface area contributed by atoms with Crippen LogP contribution in [0.2, 0.25) is 0 Å². The highest BCUT2D eigenvalue weighted by Gasteiger charge is 2.44. The summed E-state index contributed by atoms with van der Waals surface area (Å²) in [7, 11) is 3.30. The summed E-state index contributed by atoms with van der Waals surface area (Å²) in [4.78, 5) is 13.0. The molecule has 5 heteroatoms. The van der Waals surface area contributed by atoms with Crippen LogP contribution in [-0.2, 0) is 11.2 Å². The van der Waals surface area contributed by atoms with Gasteiger partial charge in [-0.2, -0.15) is 0 Å². The molecule has 0 amide bonds. The number of methoxy groups -OCH3 is 2. The monoisotopic (exact) mass is 367 g/mol. The van der Waals surface area contributed by atoms with Gasteiger partial charge >= 0.3 is 0 Å². The van der Waals surface area contributed by atoms with E-state index >= 15 is 0 Å². The number of fused-ring (bicyclic) bond motifs is 3. The molecule has 0 bridgehead atoms. The van der Waals surface area contributed by atoms with E-state index in [1.54, 1.807) is 14.2 Å². The maximum atomic E-state index is 13.0. The van der Waals surface area contributed by atoms with Gasteiger partial charge in [-0.3, -0.25) is 4.79 Å². The largest absolute Gasteiger partial charge is 0.496 e. The smallest absolute Gasteiger partial charge is 0.187 e. The second-order valence-corrected chi connectivity index (χ2v) is 7.14. The van der Waals surface area contributed by atoms with E-state index in [0.717, 1.165) is 25.1 Å². The van der Waals surface area contributed by atoms with Gasteiger partial charge in [0.25, 0.3) is 0 Å². The normalized spacial score (nSPS) is 23.3. The summed E-state index contributed by atoms with van der Waals surface area (Å²) >= 11 is 0. The number of carbonyl (C=O) groups is 1. The first-order valence-electron chi connectivity index (χ1n) is 9.40. The molecule has 1 heterocycles. The van der Waals surface area contributed by atoms with E-state index in [-0.39, 0.29) is 24.3 Å². The molecule has 2 aromatic carbocycles. The van der Waals surface area contributed by atoms with E-state index in [1.165, 1.54) is 11.1 Å². The molecule has 2 aliphatic rings. The Kier molecular flexibility index (Phi) is 5.03. The molecular formula is C22H25NO4. The van der Waals surface area contributed by atoms with Crippen molar-refractivity contribution in [2.45, 2.75) is 24.8 Å². The fourth-order valence-electron chi connectivity index (χ4n) is 4.49. The minimum Gasteiger partial charge on any atom is -0.496 e. The molecule has 1 N–H and O–H groups in total. The van der Waals surface area contributed by atoms with Crippen LogP contribution < -0.4 is 19.5 Å². The lowest BCUT2D eigenvalue weighted by Crippen LogP contribution is -2.39. The van der Waals surface area contributed by atoms with E-state index in [9.17, 15) is 4.79 Å². The average Bonchev–Trinajstić information content (AvgIpc) is 3.16. The Bertz CT molecular complexity index is 835. The Labute approximate surface area is 159 Å². The van der Waals surface area contributed by atoms with Crippen LogP contribution in [0, 0.1) is 5.92 Å². The zero-order valence-corrected chi connectivity index (χ0v) is 15.7. The molecule has 2 aromatic rings. The van der Waals surface area contributed by atoms with Crippen LogP contribution in [0.15, 0.2) is 42.5 Å². The van der Waals surface area contributed by atoms with Crippen molar-refractivity contribution in [3.8, 4) is 17.2 Å². The van der Waals surface area contributed by atoms with Crippen LogP contribution in [0.4, 0.5) is 0 Å². The van der Waals surface area contributed by atoms with Crippen molar-refractivity contribution in [1.29, 1.82) is 0 Å². The second-order valence-electron chi connectivity index (χ2n) is 7.14. The quantitative estimate of drug-likeness (QED) is 0.851. The van der Waals surface area contributed by atoms with Crippen LogP contribution >= 0.6 is 0 Å². The number of para-hydroxylation sites is 2. The van der Waals surface area contributed by atoms with Crippen LogP contribution in [0.1, 0.15) is 23.5 Å². The Morgan fingerprint density at radius 1 is 1.04 bits per heavy atom. The molecular weight excluding hydrogens is 342 g/mol. The van der Waals surface area contributed by atoms with E-state index in [1.807, 2.05) is 36.4 Å². The zero-order valence-electron chi connectivity index (χ0n) is 15.7. The minimum absolute atomic E-state index is 0.0283. The van der Waals surface area contributed by atoms with Crippen molar-refractivity contribution in [1.82, 2.24) is 5.32 Å². The van der Waals surface area contributed by atoms with Gasteiger partial charge in [0.2, 0.25) is 0 Å². The predicted octanol–water partition coefficient (Wildman–Crippen LogP) is 2.97. The topological polar surface area (TPSA) is 56.8 Å². The first-order valence-corrected chi connectivity index (χ1v) is 9.40. The molecule has 4 rings (SSSR count). The fraction of sp³-hybridized carbons (Fsp3) is 0.409. The summed E-state index contributed by atoms with van der Waals surface area (Å²) in [6, 6.07) is 13.3. The van der Waals surface area contributed by atoms with Gasteiger partial charge in [-0.25, -0.2) is 0 Å². The van der Waals surface area contributed by atoms with Gasteiger partial charge in [-0.05, 0) is 54.6 Å². The summed E-state index contributed by atoms with van der Waals surface area (Å²) in [5.74, 6) is 2.88. The summed E-state index contributed by atoms with van der Waals surface area (Å²) < 4.78 is 16.6. The number of Topliss-reactive ketones (excluding diaryl/α,β-unsaturated/α-hetero) is 1. The van der Waals surface area contributed by atoms with Crippen LogP contribution in [-0.4, -0.2) is 39.2 Å². The SMILES string of the molecule is COc1ccccc1OCC(=O)C1NCC2CCc3c(OC)cccc3C21. The molecule has 1 aliphatic heterocycles. The summed E-state index contributed by atoms with van der Waals surface area (Å²) in [6.45, 7) is 0.896. The van der Waals surface area contributed by atoms with Crippen molar-refractivity contribution in [2.24, 2.45) is 5.92 Å². The molecule has 3 unspecified atom stereocenters. The van der Waals surface area contributed by atoms with Crippen LogP contribution in [0.3, 0.4) is 0 Å². The number of nitrogens with one attached hydrogen (secondary N) is 1. The summed E-state index contributed by atoms with van der Waals surface area (Å²) in [6.07, 6.45) is 2.07. The highest BCUT2D eigenvalue weighted by atomic mass is 16.5. The van der Waals surface area contributed by atoms with Gasteiger partial charge in [0.15, 0.2) is 17.3 Å². The second kappa shape index (κ2) is 7.61. The van der Waals surface area contributed by atoms with Crippen molar-refractivity contribution in [3.05, 3.63) is 53.6 Å². The summed E-state index contributed by atoms with van der Waals surface area (Å²) in [5.41, 5.74) is 2.49. The van der Waals surface area contributed by atoms with Crippen LogP contribution in [0.5, 0.6) is 17.2 Å². The molecule has 5 nitrogen and oxygen atoms in total. The molecule has 27 heavy (non-hydrogen) atoms. The number of ketones is 1. The molecule has 142 valence electrons. The maximum Gasteiger partial charge on any atom is 0.187 e. The average molecular weight is 367 g/mol. The van der Waals surface area contributed by atoms with Gasteiger partial charge < -0.3 is 19.5 Å². The van der Waals surface area contributed by atoms with E-state index < -0.39 is 0 Å². The van der Waals surface area contributed by atoms with E-state index in [4.69, 9.17) is 14.2 Å². The Morgan fingerprint density at radius 3 is 2.56 bits per heavy atom. The van der Waals surface area contributed by atoms with Gasteiger partial charge in [0.05, 0.1) is 20.3 Å². The fourth-order valence-corrected chi connectivity index (χ4v) is 4.49. The first-order chi connectivity index (χ1) is 13.2. The van der Waals surface area contributed by atoms with Crippen molar-refractivity contribution in [2.75, 3.05) is 27.4 Å². The van der Waals surface area contributed by atoms with Crippen LogP contribution in [0.25, 0.3) is 0 Å². The molecule has 1 saturated heterocycles. The lowest BCUT2D eigenvalue weighted by Gasteiger charge is -2.31. The molecule has 1 aliphatic carbocycles. The zero-order chi connectivity index (χ0) is 18.8. The first kappa shape index (κ1) is 17.9. The number of hydrogen-bond donors (Lipinski definition) is 1. The lowest BCUT2D eigenvalue weighted by molar-refractivity contribution is -0.123. The summed E-state index contributed by atoms with van der Waals surface area (Å²) in [5, 5.41) is 3.44. The standard InChI is InChI=1S/C22H25NO4/c1-25-18-9-5-6-16-15(18)11-10-14-12-23-22(21(14)16)17(24)13-27-20-8-4-3-7-19(20)26-2/h3-9,14,21-23H,10-13H2,1-2H3. The molecule has 3 atom stereocenters. The number of ether oxygens (including phenoxy) is 3. The number of rotatable bonds is 6. The molecule has 0 aromatic heterocycles. The molecule has 0 saturated carbocycles. The van der Waals surface area contributed by atoms with Crippen molar-refractivity contribution >= 4 is 5.78 Å². The highest BCUT2D eigenvalue weighted by Crippen LogP contribution is 2.44. The lowest BCUT2D eigenvalue weighted by atomic mass is 9.73. The highest BCUT2D eigenvalue weighted by molar-refractivity contribution is 5.87. The number of carbonyl (C=O) groups excluding carboxylic acids is 1. The number of hydrogen-bond acceptors (Lipinski definition) is 5. The van der Waals surface area contributed by atoms with Gasteiger partial charge in [-0.1, -0.05) is 24.3 Å². The Hall–Kier alpha value is -2.53. The Balaban J connectivity index is 1.53. The molecule has 0 radical (unpaired) electrons. The molecule has 0 spiro atoms. The third kappa shape index (κ3) is 3.28. The third-order valence-corrected chi connectivity index (χ3v) is 5.77. The maximum absolute atomic E-state index is 13.0. The van der Waals surface area contributed by atoms with Gasteiger partial charge in [0, 0.05) is 5.92 Å². The number of benzene rings is 2. The van der Waals surface area contributed by atoms with E-state index in [2.05, 4.69) is 11.4 Å². The van der Waals surface area contributed by atoms with Gasteiger partial charge in [-0.15, -0.1) is 0 Å². The Morgan fingerprint density at radius 2 is 1.78 bits per heavy atom. The third-order valence-electron chi connectivity index (χ3n) is 5.77. The molecule has 1 fully saturated rings. The van der Waals surface area contributed by atoms with E-state index in [0.29, 0.717) is 17.4 Å². The van der Waals surface area contributed by atoms with Crippen molar-refractivity contribution in [3.63, 3.8) is 0 Å². The van der Waals surface area contributed by atoms with Gasteiger partial charge in [0.1, 0.15) is 12.4 Å². The predicted molar refractivity (Wildman–Crippen MR) is 103 cm³/mol. The van der Waals surface area contributed by atoms with Crippen molar-refractivity contribution < 1.29 is 19.0 Å².